The van der Waals surface area contributed by atoms with Crippen LogP contribution in [0, 0.1) is 12.8 Å². The minimum absolute atomic E-state index is 0.0179. The fraction of sp³-hybridized carbons (Fsp3) is 0.353. The molecule has 0 saturated heterocycles. The van der Waals surface area contributed by atoms with E-state index in [0.29, 0.717) is 5.78 Å². The Morgan fingerprint density at radius 1 is 0.944 bits per heavy atom. The van der Waals surface area contributed by atoms with Crippen LogP contribution in [-0.2, 0) is 4.79 Å². The molecule has 2 aromatic carbocycles. The Morgan fingerprint density at radius 2 is 1.56 bits per heavy atom. The summed E-state index contributed by atoms with van der Waals surface area (Å²) >= 11 is 0. The molecule has 94 valence electrons. The first kappa shape index (κ1) is 12.8. The summed E-state index contributed by atoms with van der Waals surface area (Å²) in [6.07, 6.45) is 0. The fourth-order valence-electron chi connectivity index (χ4n) is 2.32. The predicted molar refractivity (Wildman–Crippen MR) is 76.9 cm³/mol. The van der Waals surface area contributed by atoms with Crippen molar-refractivity contribution in [3.63, 3.8) is 0 Å². The minimum atomic E-state index is -0.0179. The highest BCUT2D eigenvalue weighted by molar-refractivity contribution is 5.89. The quantitative estimate of drug-likeness (QED) is 0.773. The van der Waals surface area contributed by atoms with E-state index in [-0.39, 0.29) is 11.8 Å². The molecule has 0 fully saturated rings. The Bertz CT molecular complexity index is 581. The van der Waals surface area contributed by atoms with E-state index in [0.717, 1.165) is 5.56 Å². The Morgan fingerprint density at radius 3 is 2.22 bits per heavy atom. The van der Waals surface area contributed by atoms with E-state index >= 15 is 0 Å². The predicted octanol–water partition coefficient (Wildman–Crippen LogP) is 4.48. The summed E-state index contributed by atoms with van der Waals surface area (Å²) in [6.45, 7) is 8.02. The lowest BCUT2D eigenvalue weighted by Gasteiger charge is -2.14. The molecule has 0 amide bonds. The van der Waals surface area contributed by atoms with Gasteiger partial charge in [-0.3, -0.25) is 4.79 Å². The third-order valence-corrected chi connectivity index (χ3v) is 3.52. The number of carbonyl (C=O) groups is 1. The van der Waals surface area contributed by atoms with Gasteiger partial charge in [-0.1, -0.05) is 62.7 Å². The van der Waals surface area contributed by atoms with Crippen molar-refractivity contribution in [3.8, 4) is 0 Å². The maximum Gasteiger partial charge on any atom is 0.142 e. The van der Waals surface area contributed by atoms with Crippen molar-refractivity contribution in [1.29, 1.82) is 0 Å². The van der Waals surface area contributed by atoms with Crippen molar-refractivity contribution in [2.45, 2.75) is 33.6 Å². The van der Waals surface area contributed by atoms with Crippen molar-refractivity contribution in [2.24, 2.45) is 5.92 Å². The fourth-order valence-corrected chi connectivity index (χ4v) is 2.32. The van der Waals surface area contributed by atoms with Crippen LogP contribution in [0.15, 0.2) is 36.4 Å². The maximum absolute atomic E-state index is 12.0. The molecule has 1 nitrogen and oxygen atoms in total. The first-order valence-electron chi connectivity index (χ1n) is 6.53. The van der Waals surface area contributed by atoms with Gasteiger partial charge in [-0.05, 0) is 23.3 Å². The van der Waals surface area contributed by atoms with Crippen LogP contribution in [0.3, 0.4) is 0 Å². The molecule has 18 heavy (non-hydrogen) atoms. The van der Waals surface area contributed by atoms with Gasteiger partial charge in [0.1, 0.15) is 5.78 Å². The van der Waals surface area contributed by atoms with Crippen LogP contribution in [0.4, 0.5) is 0 Å². The number of fused-ring (bicyclic) bond motifs is 1. The monoisotopic (exact) mass is 240 g/mol. The standard InChI is InChI=1S/C17H20O/c1-11(2)17(18)13(4)14-7-8-15-9-12(3)5-6-16(15)10-14/h5-11,13H,1-4H3/t13-/m0/s1. The molecule has 0 aromatic heterocycles. The molecule has 1 atom stereocenters. The first-order valence-corrected chi connectivity index (χ1v) is 6.53. The number of rotatable bonds is 3. The Balaban J connectivity index is 2.41. The van der Waals surface area contributed by atoms with E-state index < -0.39 is 0 Å². The van der Waals surface area contributed by atoms with Crippen LogP contribution in [-0.4, -0.2) is 5.78 Å². The van der Waals surface area contributed by atoms with Crippen molar-refractivity contribution >= 4 is 16.6 Å². The topological polar surface area (TPSA) is 17.1 Å². The van der Waals surface area contributed by atoms with Crippen molar-refractivity contribution < 1.29 is 4.79 Å². The van der Waals surface area contributed by atoms with Gasteiger partial charge >= 0.3 is 0 Å². The highest BCUT2D eigenvalue weighted by atomic mass is 16.1. The zero-order valence-corrected chi connectivity index (χ0v) is 11.5. The van der Waals surface area contributed by atoms with Crippen molar-refractivity contribution in [3.05, 3.63) is 47.5 Å². The van der Waals surface area contributed by atoms with Crippen LogP contribution < -0.4 is 0 Å². The van der Waals surface area contributed by atoms with Gasteiger partial charge in [0.15, 0.2) is 0 Å². The van der Waals surface area contributed by atoms with Crippen molar-refractivity contribution in [1.82, 2.24) is 0 Å². The number of benzene rings is 2. The smallest absolute Gasteiger partial charge is 0.142 e. The molecule has 0 aliphatic heterocycles. The SMILES string of the molecule is Cc1ccc2cc([C@H](C)C(=O)C(C)C)ccc2c1. The third kappa shape index (κ3) is 2.45. The number of ketones is 1. The molecule has 0 radical (unpaired) electrons. The summed E-state index contributed by atoms with van der Waals surface area (Å²) in [7, 11) is 0. The Labute approximate surface area is 109 Å². The molecule has 0 heterocycles. The molecule has 0 aliphatic carbocycles. The molecular formula is C17H20O. The second kappa shape index (κ2) is 4.93. The third-order valence-electron chi connectivity index (χ3n) is 3.52. The lowest BCUT2D eigenvalue weighted by atomic mass is 9.89. The van der Waals surface area contributed by atoms with E-state index in [1.165, 1.54) is 16.3 Å². The van der Waals surface area contributed by atoms with Gasteiger partial charge in [0.2, 0.25) is 0 Å². The van der Waals surface area contributed by atoms with E-state index in [2.05, 4.69) is 43.3 Å². The van der Waals surface area contributed by atoms with Crippen LogP contribution in [0.1, 0.15) is 37.8 Å². The minimum Gasteiger partial charge on any atom is -0.299 e. The van der Waals surface area contributed by atoms with Gasteiger partial charge < -0.3 is 0 Å². The molecule has 0 saturated carbocycles. The molecule has 0 unspecified atom stereocenters. The van der Waals surface area contributed by atoms with Gasteiger partial charge in [0.05, 0.1) is 0 Å². The first-order chi connectivity index (χ1) is 8.49. The van der Waals surface area contributed by atoms with Gasteiger partial charge in [-0.15, -0.1) is 0 Å². The largest absolute Gasteiger partial charge is 0.299 e. The molecule has 2 aromatic rings. The highest BCUT2D eigenvalue weighted by Gasteiger charge is 2.18. The molecule has 0 N–H and O–H groups in total. The Kier molecular flexibility index (Phi) is 3.51. The van der Waals surface area contributed by atoms with Crippen LogP contribution in [0.25, 0.3) is 10.8 Å². The summed E-state index contributed by atoms with van der Waals surface area (Å²) in [5.41, 5.74) is 2.38. The zero-order valence-electron chi connectivity index (χ0n) is 11.5. The average molecular weight is 240 g/mol. The van der Waals surface area contributed by atoms with Crippen LogP contribution >= 0.6 is 0 Å². The van der Waals surface area contributed by atoms with Gasteiger partial charge in [-0.25, -0.2) is 0 Å². The number of hydrogen-bond donors (Lipinski definition) is 0. The second-order valence-corrected chi connectivity index (χ2v) is 5.39. The van der Waals surface area contributed by atoms with E-state index in [4.69, 9.17) is 0 Å². The number of carbonyl (C=O) groups excluding carboxylic acids is 1. The van der Waals surface area contributed by atoms with Crippen molar-refractivity contribution in [2.75, 3.05) is 0 Å². The zero-order chi connectivity index (χ0) is 13.3. The molecule has 2 rings (SSSR count). The molecule has 0 bridgehead atoms. The van der Waals surface area contributed by atoms with Crippen LogP contribution in [0.2, 0.25) is 0 Å². The molecule has 0 aliphatic rings. The van der Waals surface area contributed by atoms with E-state index in [1.54, 1.807) is 0 Å². The summed E-state index contributed by atoms with van der Waals surface area (Å²) in [5.74, 6) is 0.380. The second-order valence-electron chi connectivity index (χ2n) is 5.39. The summed E-state index contributed by atoms with van der Waals surface area (Å²) < 4.78 is 0. The lowest BCUT2D eigenvalue weighted by Crippen LogP contribution is -2.15. The molecule has 1 heteroatoms. The summed E-state index contributed by atoms with van der Waals surface area (Å²) in [5, 5.41) is 2.45. The van der Waals surface area contributed by atoms with E-state index in [9.17, 15) is 4.79 Å². The lowest BCUT2D eigenvalue weighted by molar-refractivity contribution is -0.123. The highest BCUT2D eigenvalue weighted by Crippen LogP contribution is 2.24. The normalized spacial score (nSPS) is 12.9. The molecular weight excluding hydrogens is 220 g/mol. The number of aryl methyl sites for hydroxylation is 1. The summed E-state index contributed by atoms with van der Waals surface area (Å²) in [6, 6.07) is 12.7. The number of Topliss-reactive ketones (excluding diaryl/α,β-unsaturated/α-hetero) is 1. The van der Waals surface area contributed by atoms with Crippen LogP contribution in [0.5, 0.6) is 0 Å². The summed E-state index contributed by atoms with van der Waals surface area (Å²) in [4.78, 5) is 12.0. The average Bonchev–Trinajstić information content (AvgIpc) is 2.36. The maximum atomic E-state index is 12.0. The van der Waals surface area contributed by atoms with Gasteiger partial charge in [0, 0.05) is 11.8 Å². The van der Waals surface area contributed by atoms with E-state index in [1.807, 2.05) is 20.8 Å². The Hall–Kier alpha value is -1.63. The number of hydrogen-bond acceptors (Lipinski definition) is 1. The van der Waals surface area contributed by atoms with Gasteiger partial charge in [-0.2, -0.15) is 0 Å². The molecule has 0 spiro atoms. The van der Waals surface area contributed by atoms with Gasteiger partial charge in [0.25, 0.3) is 0 Å².